The van der Waals surface area contributed by atoms with Crippen molar-refractivity contribution in [1.82, 2.24) is 4.48 Å². The molecule has 4 nitrogen and oxygen atoms in total. The molecule has 149 valence electrons. The number of aromatic nitrogens is 1. The third kappa shape index (κ3) is 3.08. The molecule has 0 saturated heterocycles. The van der Waals surface area contributed by atoms with E-state index >= 15 is 4.32 Å². The van der Waals surface area contributed by atoms with Crippen molar-refractivity contribution in [3.05, 3.63) is 69.7 Å². The van der Waals surface area contributed by atoms with Crippen LogP contribution in [0, 0.1) is 20.8 Å². The maximum absolute atomic E-state index is 15.5. The van der Waals surface area contributed by atoms with Crippen molar-refractivity contribution in [1.29, 1.82) is 0 Å². The van der Waals surface area contributed by atoms with Crippen LogP contribution >= 0.6 is 0 Å². The van der Waals surface area contributed by atoms with Crippen molar-refractivity contribution in [2.45, 2.75) is 27.2 Å². The molecule has 0 unspecified atom stereocenters. The standard InChI is InChI=1S/C23H26BFN3O/c1-15-14-19(9-7-18-8-10-22(29-4)17(3)16(18)2)28-23(15)20(11-12-26)21-6-5-13-27(21)24(28)25/h5-10,13-14H,11-12,26H2,1-4H3/b9-7+. The van der Waals surface area contributed by atoms with Gasteiger partial charge in [-0.05, 0) is 74.2 Å². The first-order valence-electron chi connectivity index (χ1n) is 9.89. The van der Waals surface area contributed by atoms with Gasteiger partial charge in [0.1, 0.15) is 12.0 Å². The highest BCUT2D eigenvalue weighted by Gasteiger charge is 2.34. The second-order valence-corrected chi connectivity index (χ2v) is 7.54. The Bertz CT molecular complexity index is 1110. The number of benzene rings is 1. The first kappa shape index (κ1) is 19.5. The number of nitrogens with two attached hydrogens (primary N) is 1. The van der Waals surface area contributed by atoms with Crippen molar-refractivity contribution in [2.75, 3.05) is 13.7 Å². The van der Waals surface area contributed by atoms with Gasteiger partial charge in [0.25, 0.3) is 0 Å². The summed E-state index contributed by atoms with van der Waals surface area (Å²) < 4.78 is 24.3. The van der Waals surface area contributed by atoms with Crippen LogP contribution in [0.15, 0.2) is 36.0 Å². The average Bonchev–Trinajstić information content (AvgIpc) is 3.32. The van der Waals surface area contributed by atoms with Gasteiger partial charge < -0.3 is 23.8 Å². The Morgan fingerprint density at radius 2 is 2.00 bits per heavy atom. The summed E-state index contributed by atoms with van der Waals surface area (Å²) in [6.45, 7) is 6.69. The summed E-state index contributed by atoms with van der Waals surface area (Å²) in [5, 5.41) is 0. The summed E-state index contributed by atoms with van der Waals surface area (Å²) in [7, 11) is 0.405. The van der Waals surface area contributed by atoms with E-state index in [-0.39, 0.29) is 0 Å². The predicted octanol–water partition coefficient (Wildman–Crippen LogP) is 4.12. The number of hydrogen-bond acceptors (Lipinski definition) is 2. The minimum atomic E-state index is -1.27. The Balaban J connectivity index is 1.80. The number of aryl methyl sites for hydroxylation is 1. The fourth-order valence-electron chi connectivity index (χ4n) is 4.29. The number of methoxy groups -OCH3 is 1. The topological polar surface area (TPSA) is 43.2 Å². The van der Waals surface area contributed by atoms with E-state index in [1.54, 1.807) is 22.3 Å². The highest BCUT2D eigenvalue weighted by atomic mass is 19.1. The van der Waals surface area contributed by atoms with Crippen LogP contribution in [0.3, 0.4) is 0 Å². The number of nitrogens with zero attached hydrogens (tertiary/aromatic N) is 2. The van der Waals surface area contributed by atoms with E-state index in [1.807, 2.05) is 56.4 Å². The van der Waals surface area contributed by atoms with E-state index in [9.17, 15) is 0 Å². The molecule has 0 spiro atoms. The Morgan fingerprint density at radius 3 is 2.72 bits per heavy atom. The van der Waals surface area contributed by atoms with Crippen LogP contribution in [0.4, 0.5) is 4.32 Å². The van der Waals surface area contributed by atoms with Crippen molar-refractivity contribution in [2.24, 2.45) is 5.73 Å². The molecule has 29 heavy (non-hydrogen) atoms. The quantitative estimate of drug-likeness (QED) is 0.781. The molecule has 2 aliphatic rings. The van der Waals surface area contributed by atoms with Crippen LogP contribution in [-0.4, -0.2) is 36.1 Å². The molecular weight excluding hydrogens is 364 g/mol. The first-order chi connectivity index (χ1) is 14.0. The highest BCUT2D eigenvalue weighted by Crippen LogP contribution is 2.36. The minimum Gasteiger partial charge on any atom is -0.496 e. The molecule has 0 atom stereocenters. The second-order valence-electron chi connectivity index (χ2n) is 7.54. The van der Waals surface area contributed by atoms with Crippen molar-refractivity contribution < 1.29 is 13.5 Å². The Kier molecular flexibility index (Phi) is 5.05. The third-order valence-electron chi connectivity index (χ3n) is 5.90. The van der Waals surface area contributed by atoms with Crippen LogP contribution < -0.4 is 10.5 Å². The number of fused-ring (bicyclic) bond motifs is 2. The lowest BCUT2D eigenvalue weighted by molar-refractivity contribution is -0.329. The fourth-order valence-corrected chi connectivity index (χ4v) is 4.29. The molecule has 2 aliphatic heterocycles. The van der Waals surface area contributed by atoms with Crippen LogP contribution in [0.5, 0.6) is 5.75 Å². The lowest BCUT2D eigenvalue weighted by Crippen LogP contribution is -2.39. The molecule has 1 aromatic heterocycles. The minimum absolute atomic E-state index is 0.525. The van der Waals surface area contributed by atoms with Crippen LogP contribution in [0.2, 0.25) is 0 Å². The van der Waals surface area contributed by atoms with Gasteiger partial charge in [-0.25, -0.2) is 0 Å². The lowest BCUT2D eigenvalue weighted by Gasteiger charge is -2.30. The summed E-state index contributed by atoms with van der Waals surface area (Å²) >= 11 is 0. The van der Waals surface area contributed by atoms with Gasteiger partial charge in [-0.1, -0.05) is 12.1 Å². The van der Waals surface area contributed by atoms with Gasteiger partial charge in [0.15, 0.2) is 5.70 Å². The largest absolute Gasteiger partial charge is 0.533 e. The molecule has 1 radical (unpaired) electrons. The molecule has 2 N–H and O–H groups in total. The molecular formula is C23H26BFN3O. The van der Waals surface area contributed by atoms with Crippen molar-refractivity contribution >= 4 is 31.2 Å². The van der Waals surface area contributed by atoms with E-state index in [1.165, 1.54) is 0 Å². The Labute approximate surface area is 171 Å². The second kappa shape index (κ2) is 7.52. The van der Waals surface area contributed by atoms with Gasteiger partial charge in [0.2, 0.25) is 0 Å². The maximum atomic E-state index is 15.5. The average molecular weight is 390 g/mol. The molecule has 0 bridgehead atoms. The summed E-state index contributed by atoms with van der Waals surface area (Å²) in [6, 6.07) is 6.05. The number of halogens is 1. The molecule has 4 rings (SSSR count). The smallest absolute Gasteiger partial charge is 0.496 e. The monoisotopic (exact) mass is 390 g/mol. The summed E-state index contributed by atoms with van der Waals surface area (Å²) in [4.78, 5) is 0. The summed E-state index contributed by atoms with van der Waals surface area (Å²) in [6.07, 6.45) is 10.4. The third-order valence-corrected chi connectivity index (χ3v) is 5.90. The molecule has 3 heterocycles. The number of allylic oxidation sites excluding steroid dienone is 2. The normalized spacial score (nSPS) is 15.9. The fraction of sp³-hybridized carbons (Fsp3) is 0.261. The zero-order valence-corrected chi connectivity index (χ0v) is 17.4. The highest BCUT2D eigenvalue weighted by molar-refractivity contribution is 6.43. The molecule has 0 saturated carbocycles. The number of rotatable bonds is 5. The number of ether oxygens (including phenoxy) is 1. The van der Waals surface area contributed by atoms with E-state index in [0.29, 0.717) is 13.0 Å². The number of hydrogen-bond donors (Lipinski definition) is 1. The first-order valence-corrected chi connectivity index (χ1v) is 9.89. The van der Waals surface area contributed by atoms with Gasteiger partial charge in [-0.3, -0.25) is 0 Å². The van der Waals surface area contributed by atoms with Crippen LogP contribution in [-0.2, 0) is 0 Å². The Hall–Kier alpha value is -2.86. The lowest BCUT2D eigenvalue weighted by atomic mass is 9.91. The van der Waals surface area contributed by atoms with Gasteiger partial charge in [0, 0.05) is 29.1 Å². The molecule has 0 fully saturated rings. The van der Waals surface area contributed by atoms with E-state index in [2.05, 4.69) is 6.92 Å². The molecule has 0 aliphatic carbocycles. The van der Waals surface area contributed by atoms with Gasteiger partial charge in [0.05, 0.1) is 7.11 Å². The Morgan fingerprint density at radius 1 is 1.21 bits per heavy atom. The van der Waals surface area contributed by atoms with E-state index < -0.39 is 7.26 Å². The zero-order valence-electron chi connectivity index (χ0n) is 17.4. The van der Waals surface area contributed by atoms with E-state index in [4.69, 9.17) is 10.5 Å². The van der Waals surface area contributed by atoms with Crippen LogP contribution in [0.25, 0.3) is 17.7 Å². The molecule has 1 aromatic carbocycles. The summed E-state index contributed by atoms with van der Waals surface area (Å²) in [5.41, 5.74) is 14.1. The van der Waals surface area contributed by atoms with Gasteiger partial charge in [-0.15, -0.1) is 0 Å². The van der Waals surface area contributed by atoms with Gasteiger partial charge >= 0.3 is 7.26 Å². The molecule has 6 heteroatoms. The van der Waals surface area contributed by atoms with Crippen molar-refractivity contribution in [3.8, 4) is 5.75 Å². The van der Waals surface area contributed by atoms with Gasteiger partial charge in [-0.2, -0.15) is 0 Å². The SMILES string of the molecule is COc1ccc(/C=C/c2cc(C)c3n2[B-](F)[N+]2=CC=CC2=C3CCN)c(C)c1C. The zero-order chi connectivity index (χ0) is 20.7. The summed E-state index contributed by atoms with van der Waals surface area (Å²) in [5.74, 6) is 0.876. The molecule has 2 aromatic rings. The van der Waals surface area contributed by atoms with Crippen LogP contribution in [0.1, 0.15) is 40.1 Å². The van der Waals surface area contributed by atoms with Crippen molar-refractivity contribution in [3.63, 3.8) is 0 Å². The van der Waals surface area contributed by atoms with E-state index in [0.717, 1.165) is 50.7 Å². The predicted molar refractivity (Wildman–Crippen MR) is 119 cm³/mol. The maximum Gasteiger partial charge on any atom is 0.533 e. The molecule has 0 amide bonds.